The number of hydrogen-bond acceptors (Lipinski definition) is 3. The molecule has 1 aromatic heterocycles. The molecule has 1 N–H and O–H groups in total. The predicted molar refractivity (Wildman–Crippen MR) is 92.9 cm³/mol. The van der Waals surface area contributed by atoms with E-state index in [1.54, 1.807) is 48.5 Å². The van der Waals surface area contributed by atoms with E-state index >= 15 is 0 Å². The molecule has 0 atom stereocenters. The van der Waals surface area contributed by atoms with Crippen molar-refractivity contribution in [3.8, 4) is 11.4 Å². The van der Waals surface area contributed by atoms with Gasteiger partial charge in [-0.3, -0.25) is 0 Å². The highest BCUT2D eigenvalue weighted by atomic mass is 35.5. The van der Waals surface area contributed by atoms with Crippen molar-refractivity contribution in [3.05, 3.63) is 77.1 Å². The van der Waals surface area contributed by atoms with Crippen molar-refractivity contribution in [1.29, 1.82) is 0 Å². The van der Waals surface area contributed by atoms with Crippen LogP contribution < -0.4 is 10.1 Å². The van der Waals surface area contributed by atoms with Gasteiger partial charge in [-0.1, -0.05) is 35.9 Å². The highest BCUT2D eigenvalue weighted by Gasteiger charge is 2.35. The second-order valence-corrected chi connectivity index (χ2v) is 5.90. The fraction of sp³-hybridized carbons (Fsp3) is 0.111. The minimum Gasteiger partial charge on any atom is -0.410 e. The largest absolute Gasteiger partial charge is 0.435 e. The smallest absolute Gasteiger partial charge is 0.410 e. The molecule has 0 radical (unpaired) electrons. The number of carbonyl (C=O) groups is 1. The van der Waals surface area contributed by atoms with Gasteiger partial charge in [0, 0.05) is 5.02 Å². The Bertz CT molecular complexity index is 943. The molecule has 1 amide bonds. The number of ether oxygens (including phenoxy) is 1. The van der Waals surface area contributed by atoms with Crippen LogP contribution in [0.1, 0.15) is 11.4 Å². The van der Waals surface area contributed by atoms with E-state index < -0.39 is 18.0 Å². The van der Waals surface area contributed by atoms with E-state index in [2.05, 4.69) is 10.4 Å². The summed E-state index contributed by atoms with van der Waals surface area (Å²) in [6.45, 7) is -0.221. The van der Waals surface area contributed by atoms with Crippen LogP contribution in [-0.2, 0) is 12.7 Å². The third-order valence-electron chi connectivity index (χ3n) is 3.49. The van der Waals surface area contributed by atoms with Gasteiger partial charge in [-0.2, -0.15) is 18.3 Å². The molecule has 9 heteroatoms. The average molecular weight is 396 g/mol. The maximum absolute atomic E-state index is 13.0. The first-order valence-electron chi connectivity index (χ1n) is 7.76. The van der Waals surface area contributed by atoms with Crippen LogP contribution in [0.4, 0.5) is 18.0 Å². The van der Waals surface area contributed by atoms with Gasteiger partial charge in [-0.05, 0) is 36.4 Å². The Morgan fingerprint density at radius 3 is 2.52 bits per heavy atom. The molecule has 0 bridgehead atoms. The zero-order valence-electron chi connectivity index (χ0n) is 13.7. The van der Waals surface area contributed by atoms with Gasteiger partial charge in [0.2, 0.25) is 0 Å². The number of aromatic nitrogens is 2. The predicted octanol–water partition coefficient (Wildman–Crippen LogP) is 4.83. The molecule has 3 rings (SSSR count). The Labute approximate surface area is 157 Å². The summed E-state index contributed by atoms with van der Waals surface area (Å²) in [4.78, 5) is 11.9. The molecule has 0 saturated carbocycles. The van der Waals surface area contributed by atoms with Crippen LogP contribution in [0.2, 0.25) is 5.02 Å². The van der Waals surface area contributed by atoms with Crippen LogP contribution in [0.25, 0.3) is 5.69 Å². The van der Waals surface area contributed by atoms with Crippen LogP contribution in [0, 0.1) is 0 Å². The minimum absolute atomic E-state index is 0.120. The normalized spacial score (nSPS) is 11.3. The third-order valence-corrected chi connectivity index (χ3v) is 3.73. The molecule has 0 aliphatic carbocycles. The number of carbonyl (C=O) groups excluding carboxylic acids is 1. The van der Waals surface area contributed by atoms with E-state index in [1.165, 1.54) is 6.07 Å². The van der Waals surface area contributed by atoms with Crippen LogP contribution in [0.15, 0.2) is 60.7 Å². The van der Waals surface area contributed by atoms with Crippen molar-refractivity contribution in [2.24, 2.45) is 0 Å². The second kappa shape index (κ2) is 7.71. The average Bonchev–Trinajstić information content (AvgIpc) is 3.05. The number of rotatable bonds is 4. The van der Waals surface area contributed by atoms with Crippen molar-refractivity contribution < 1.29 is 22.7 Å². The van der Waals surface area contributed by atoms with E-state index in [0.717, 1.165) is 10.7 Å². The molecule has 0 aliphatic rings. The van der Waals surface area contributed by atoms with Gasteiger partial charge in [0.25, 0.3) is 0 Å². The zero-order chi connectivity index (χ0) is 19.4. The zero-order valence-corrected chi connectivity index (χ0v) is 14.5. The fourth-order valence-electron chi connectivity index (χ4n) is 2.31. The summed E-state index contributed by atoms with van der Waals surface area (Å²) in [6, 6.07) is 15.4. The van der Waals surface area contributed by atoms with E-state index in [-0.39, 0.29) is 12.2 Å². The Hall–Kier alpha value is -3.00. The molecule has 1 heterocycles. The molecule has 140 valence electrons. The second-order valence-electron chi connectivity index (χ2n) is 5.47. The quantitative estimate of drug-likeness (QED) is 0.688. The van der Waals surface area contributed by atoms with Crippen molar-refractivity contribution >= 4 is 17.7 Å². The number of para-hydroxylation sites is 1. The number of alkyl halides is 3. The molecule has 0 unspecified atom stereocenters. The molecule has 5 nitrogen and oxygen atoms in total. The Kier molecular flexibility index (Phi) is 5.36. The van der Waals surface area contributed by atoms with E-state index in [9.17, 15) is 18.0 Å². The summed E-state index contributed by atoms with van der Waals surface area (Å²) in [6.07, 6.45) is -5.42. The number of halogens is 4. The highest BCUT2D eigenvalue weighted by molar-refractivity contribution is 6.30. The van der Waals surface area contributed by atoms with E-state index in [0.29, 0.717) is 16.5 Å². The summed E-state index contributed by atoms with van der Waals surface area (Å²) in [5, 5.41) is 6.36. The molecule has 0 fully saturated rings. The molecule has 27 heavy (non-hydrogen) atoms. The monoisotopic (exact) mass is 395 g/mol. The molecule has 2 aromatic carbocycles. The molecular formula is C18H13ClF3N3O2. The molecule has 0 saturated heterocycles. The lowest BCUT2D eigenvalue weighted by Crippen LogP contribution is -2.27. The lowest BCUT2D eigenvalue weighted by molar-refractivity contribution is -0.141. The van der Waals surface area contributed by atoms with Gasteiger partial charge < -0.3 is 10.1 Å². The summed E-state index contributed by atoms with van der Waals surface area (Å²) in [5.41, 5.74) is -0.614. The maximum Gasteiger partial charge on any atom is 0.435 e. The first kappa shape index (κ1) is 18.8. The van der Waals surface area contributed by atoms with Crippen molar-refractivity contribution in [1.82, 2.24) is 15.1 Å². The van der Waals surface area contributed by atoms with Crippen LogP contribution in [0.3, 0.4) is 0 Å². The highest BCUT2D eigenvalue weighted by Crippen LogP contribution is 2.30. The number of amides is 1. The first-order chi connectivity index (χ1) is 12.8. The van der Waals surface area contributed by atoms with Gasteiger partial charge in [-0.15, -0.1) is 0 Å². The van der Waals surface area contributed by atoms with Gasteiger partial charge in [0.15, 0.2) is 5.69 Å². The summed E-state index contributed by atoms with van der Waals surface area (Å²) >= 11 is 5.91. The number of benzene rings is 2. The van der Waals surface area contributed by atoms with Gasteiger partial charge in [0.1, 0.15) is 5.75 Å². The van der Waals surface area contributed by atoms with Crippen molar-refractivity contribution in [3.63, 3.8) is 0 Å². The van der Waals surface area contributed by atoms with Crippen molar-refractivity contribution in [2.45, 2.75) is 12.7 Å². The standard InChI is InChI=1S/C18H13ClF3N3O2/c19-12-5-4-6-13(9-12)25-14(10-16(24-25)18(20,21)22)11-23-17(26)27-15-7-2-1-3-8-15/h1-10H,11H2,(H,23,26). The topological polar surface area (TPSA) is 56.2 Å². The SMILES string of the molecule is O=C(NCc1cc(C(F)(F)F)nn1-c1cccc(Cl)c1)Oc1ccccc1. The maximum atomic E-state index is 13.0. The minimum atomic E-state index is -4.62. The fourth-order valence-corrected chi connectivity index (χ4v) is 2.49. The van der Waals surface area contributed by atoms with Gasteiger partial charge in [0.05, 0.1) is 17.9 Å². The Balaban J connectivity index is 1.81. The van der Waals surface area contributed by atoms with E-state index in [1.807, 2.05) is 0 Å². The third kappa shape index (κ3) is 4.79. The number of nitrogens with one attached hydrogen (secondary N) is 1. The molecule has 3 aromatic rings. The number of nitrogens with zero attached hydrogens (tertiary/aromatic N) is 2. The Morgan fingerprint density at radius 1 is 1.11 bits per heavy atom. The van der Waals surface area contributed by atoms with Crippen molar-refractivity contribution in [2.75, 3.05) is 0 Å². The lowest BCUT2D eigenvalue weighted by Gasteiger charge is -2.09. The Morgan fingerprint density at radius 2 is 1.85 bits per heavy atom. The summed E-state index contributed by atoms with van der Waals surface area (Å²) in [7, 11) is 0. The van der Waals surface area contributed by atoms with Gasteiger partial charge in [-0.25, -0.2) is 9.48 Å². The first-order valence-corrected chi connectivity index (χ1v) is 8.13. The molecular weight excluding hydrogens is 383 g/mol. The molecule has 0 spiro atoms. The van der Waals surface area contributed by atoms with E-state index in [4.69, 9.17) is 16.3 Å². The molecule has 0 aliphatic heterocycles. The van der Waals surface area contributed by atoms with Gasteiger partial charge >= 0.3 is 12.3 Å². The van der Waals surface area contributed by atoms with Crippen LogP contribution in [0.5, 0.6) is 5.75 Å². The van der Waals surface area contributed by atoms with Crippen LogP contribution >= 0.6 is 11.6 Å². The van der Waals surface area contributed by atoms with Crippen LogP contribution in [-0.4, -0.2) is 15.9 Å². The summed E-state index contributed by atoms with van der Waals surface area (Å²) < 4.78 is 45.3. The lowest BCUT2D eigenvalue weighted by atomic mass is 10.3. The summed E-state index contributed by atoms with van der Waals surface area (Å²) in [5.74, 6) is 0.314. The number of hydrogen-bond donors (Lipinski definition) is 1.